The topological polar surface area (TPSA) is 95.5 Å². The van der Waals surface area contributed by atoms with Crippen LogP contribution in [-0.4, -0.2) is 31.1 Å². The molecule has 31 heavy (non-hydrogen) atoms. The van der Waals surface area contributed by atoms with E-state index in [9.17, 15) is 9.59 Å². The van der Waals surface area contributed by atoms with Crippen molar-refractivity contribution in [3.8, 4) is 17.2 Å². The highest BCUT2D eigenvalue weighted by Crippen LogP contribution is 2.35. The van der Waals surface area contributed by atoms with Gasteiger partial charge in [-0.05, 0) is 37.1 Å². The van der Waals surface area contributed by atoms with Crippen molar-refractivity contribution in [3.05, 3.63) is 53.6 Å². The standard InChI is InChI=1S/C23H24N2O6/c1-3-10-28-17-7-5-4-6-16(17)21-20(14(2)24-23(27)25-21)22(26)29-12-15-8-9-18-19(11-15)31-13-30-18/h4-9,11,20-21H,3,10,12-13H2,1-2H3,(H,25,27). The van der Waals surface area contributed by atoms with Gasteiger partial charge in [-0.1, -0.05) is 31.2 Å². The minimum Gasteiger partial charge on any atom is -0.493 e. The predicted octanol–water partition coefficient (Wildman–Crippen LogP) is 3.79. The maximum Gasteiger partial charge on any atom is 0.341 e. The Bertz CT molecular complexity index is 1020. The molecule has 4 rings (SSSR count). The van der Waals surface area contributed by atoms with E-state index in [1.54, 1.807) is 19.1 Å². The first kappa shape index (κ1) is 20.7. The molecule has 1 N–H and O–H groups in total. The number of para-hydroxylation sites is 1. The number of benzene rings is 2. The van der Waals surface area contributed by atoms with E-state index in [4.69, 9.17) is 18.9 Å². The van der Waals surface area contributed by atoms with Crippen molar-refractivity contribution < 1.29 is 28.5 Å². The monoisotopic (exact) mass is 424 g/mol. The van der Waals surface area contributed by atoms with Gasteiger partial charge in [0.05, 0.1) is 12.6 Å². The SMILES string of the molecule is CCCOc1ccccc1C1NC(=O)N=C(C)C1C(=O)OCc1ccc2c(c1)OCO2. The number of nitrogens with zero attached hydrogens (tertiary/aromatic N) is 1. The molecule has 0 bridgehead atoms. The lowest BCUT2D eigenvalue weighted by atomic mass is 9.88. The molecule has 2 unspecified atom stereocenters. The van der Waals surface area contributed by atoms with Gasteiger partial charge in [0, 0.05) is 11.3 Å². The number of ether oxygens (including phenoxy) is 4. The van der Waals surface area contributed by atoms with Crippen molar-refractivity contribution in [1.29, 1.82) is 0 Å². The number of urea groups is 1. The van der Waals surface area contributed by atoms with Crippen LogP contribution in [0.25, 0.3) is 0 Å². The van der Waals surface area contributed by atoms with Crippen molar-refractivity contribution in [2.45, 2.75) is 32.9 Å². The molecule has 0 saturated heterocycles. The van der Waals surface area contributed by atoms with Gasteiger partial charge in [-0.2, -0.15) is 0 Å². The summed E-state index contributed by atoms with van der Waals surface area (Å²) in [7, 11) is 0. The van der Waals surface area contributed by atoms with Gasteiger partial charge in [-0.15, -0.1) is 0 Å². The summed E-state index contributed by atoms with van der Waals surface area (Å²) in [5, 5.41) is 2.80. The highest BCUT2D eigenvalue weighted by Gasteiger charge is 2.39. The first-order chi connectivity index (χ1) is 15.1. The number of nitrogens with one attached hydrogen (secondary N) is 1. The fourth-order valence-corrected chi connectivity index (χ4v) is 3.64. The van der Waals surface area contributed by atoms with Crippen LogP contribution >= 0.6 is 0 Å². The van der Waals surface area contributed by atoms with E-state index >= 15 is 0 Å². The minimum atomic E-state index is -0.766. The van der Waals surface area contributed by atoms with Gasteiger partial charge in [0.15, 0.2) is 11.5 Å². The van der Waals surface area contributed by atoms with Crippen LogP contribution in [0.15, 0.2) is 47.5 Å². The Morgan fingerprint density at radius 2 is 2.00 bits per heavy atom. The third-order valence-corrected chi connectivity index (χ3v) is 5.13. The van der Waals surface area contributed by atoms with Crippen LogP contribution in [0.5, 0.6) is 17.2 Å². The molecule has 8 nitrogen and oxygen atoms in total. The van der Waals surface area contributed by atoms with Gasteiger partial charge in [-0.3, -0.25) is 4.79 Å². The third-order valence-electron chi connectivity index (χ3n) is 5.13. The summed E-state index contributed by atoms with van der Waals surface area (Å²) >= 11 is 0. The smallest absolute Gasteiger partial charge is 0.341 e. The van der Waals surface area contributed by atoms with Crippen LogP contribution in [0, 0.1) is 5.92 Å². The molecule has 2 aromatic carbocycles. The lowest BCUT2D eigenvalue weighted by molar-refractivity contribution is -0.148. The van der Waals surface area contributed by atoms with Crippen molar-refractivity contribution >= 4 is 17.7 Å². The molecule has 0 aliphatic carbocycles. The van der Waals surface area contributed by atoms with Crippen molar-refractivity contribution in [1.82, 2.24) is 5.32 Å². The molecular formula is C23H24N2O6. The second kappa shape index (κ2) is 9.07. The van der Waals surface area contributed by atoms with E-state index in [1.165, 1.54) is 0 Å². The van der Waals surface area contributed by atoms with Gasteiger partial charge >= 0.3 is 12.0 Å². The second-order valence-corrected chi connectivity index (χ2v) is 7.34. The average molecular weight is 424 g/mol. The van der Waals surface area contributed by atoms with E-state index in [2.05, 4.69) is 10.3 Å². The van der Waals surface area contributed by atoms with E-state index < -0.39 is 24.0 Å². The summed E-state index contributed by atoms with van der Waals surface area (Å²) in [6.07, 6.45) is 0.840. The number of rotatable bonds is 7. The molecule has 2 aliphatic heterocycles. The van der Waals surface area contributed by atoms with E-state index in [1.807, 2.05) is 37.3 Å². The van der Waals surface area contributed by atoms with Crippen LogP contribution < -0.4 is 19.5 Å². The molecule has 0 fully saturated rings. The number of hydrogen-bond donors (Lipinski definition) is 1. The number of fused-ring (bicyclic) bond motifs is 1. The van der Waals surface area contributed by atoms with Crippen LogP contribution in [0.1, 0.15) is 37.4 Å². The maximum atomic E-state index is 13.1. The predicted molar refractivity (Wildman–Crippen MR) is 112 cm³/mol. The van der Waals surface area contributed by atoms with Crippen LogP contribution in [-0.2, 0) is 16.1 Å². The zero-order valence-electron chi connectivity index (χ0n) is 17.4. The number of carbonyl (C=O) groups is 2. The molecule has 162 valence electrons. The average Bonchev–Trinajstić information content (AvgIpc) is 3.23. The quantitative estimate of drug-likeness (QED) is 0.680. The maximum absolute atomic E-state index is 13.1. The highest BCUT2D eigenvalue weighted by atomic mass is 16.7. The highest BCUT2D eigenvalue weighted by molar-refractivity contribution is 6.08. The first-order valence-corrected chi connectivity index (χ1v) is 10.2. The van der Waals surface area contributed by atoms with Crippen LogP contribution in [0.3, 0.4) is 0 Å². The summed E-state index contributed by atoms with van der Waals surface area (Å²) in [6.45, 7) is 4.45. The molecule has 0 spiro atoms. The molecule has 2 amide bonds. The lowest BCUT2D eigenvalue weighted by Gasteiger charge is -2.30. The normalized spacial score (nSPS) is 19.4. The van der Waals surface area contributed by atoms with E-state index in [0.29, 0.717) is 35.1 Å². The molecule has 8 heteroatoms. The zero-order chi connectivity index (χ0) is 21.8. The Morgan fingerprint density at radius 3 is 2.84 bits per heavy atom. The Kier molecular flexibility index (Phi) is 6.06. The van der Waals surface area contributed by atoms with Crippen molar-refractivity contribution in [3.63, 3.8) is 0 Å². The number of aliphatic imine (C=N–C) groups is 1. The third kappa shape index (κ3) is 4.47. The first-order valence-electron chi connectivity index (χ1n) is 10.2. The minimum absolute atomic E-state index is 0.0634. The Hall–Kier alpha value is -3.55. The van der Waals surface area contributed by atoms with Crippen molar-refractivity contribution in [2.24, 2.45) is 10.9 Å². The summed E-state index contributed by atoms with van der Waals surface area (Å²) in [5.74, 6) is 0.665. The number of hydrogen-bond acceptors (Lipinski definition) is 6. The molecule has 0 radical (unpaired) electrons. The Labute approximate surface area is 180 Å². The van der Waals surface area contributed by atoms with Gasteiger partial charge in [0.25, 0.3) is 0 Å². The molecule has 2 aromatic rings. The zero-order valence-corrected chi connectivity index (χ0v) is 17.4. The fourth-order valence-electron chi connectivity index (χ4n) is 3.64. The lowest BCUT2D eigenvalue weighted by Crippen LogP contribution is -2.44. The van der Waals surface area contributed by atoms with Crippen LogP contribution in [0.2, 0.25) is 0 Å². The van der Waals surface area contributed by atoms with E-state index in [0.717, 1.165) is 12.0 Å². The van der Waals surface area contributed by atoms with Gasteiger partial charge < -0.3 is 24.3 Å². The number of esters is 1. The van der Waals surface area contributed by atoms with Crippen molar-refractivity contribution in [2.75, 3.05) is 13.4 Å². The molecule has 2 aliphatic rings. The summed E-state index contributed by atoms with van der Waals surface area (Å²) in [5.41, 5.74) is 1.88. The fraction of sp³-hybridized carbons (Fsp3) is 0.348. The van der Waals surface area contributed by atoms with Gasteiger partial charge in [0.2, 0.25) is 6.79 Å². The molecule has 0 aromatic heterocycles. The van der Waals surface area contributed by atoms with Gasteiger partial charge in [-0.25, -0.2) is 9.79 Å². The number of amides is 2. The molecular weight excluding hydrogens is 400 g/mol. The Balaban J connectivity index is 1.55. The van der Waals surface area contributed by atoms with Crippen LogP contribution in [0.4, 0.5) is 4.79 Å². The largest absolute Gasteiger partial charge is 0.493 e. The number of carbonyl (C=O) groups excluding carboxylic acids is 2. The molecule has 2 heterocycles. The van der Waals surface area contributed by atoms with E-state index in [-0.39, 0.29) is 13.4 Å². The summed E-state index contributed by atoms with van der Waals surface area (Å²) in [6, 6.07) is 11.6. The molecule has 2 atom stereocenters. The second-order valence-electron chi connectivity index (χ2n) is 7.34. The Morgan fingerprint density at radius 1 is 1.19 bits per heavy atom. The molecule has 0 saturated carbocycles. The summed E-state index contributed by atoms with van der Waals surface area (Å²) < 4.78 is 22.1. The van der Waals surface area contributed by atoms with Gasteiger partial charge in [0.1, 0.15) is 18.3 Å². The summed E-state index contributed by atoms with van der Waals surface area (Å²) in [4.78, 5) is 29.1.